The van der Waals surface area contributed by atoms with Gasteiger partial charge in [0.2, 0.25) is 5.95 Å². The molecule has 0 unspecified atom stereocenters. The van der Waals surface area contributed by atoms with E-state index in [4.69, 9.17) is 10.8 Å². The number of hydrogen-bond acceptors (Lipinski definition) is 3. The number of hydrogen-bond donors (Lipinski definition) is 2. The molecule has 0 aromatic carbocycles. The summed E-state index contributed by atoms with van der Waals surface area (Å²) in [4.78, 5) is 3.49. The summed E-state index contributed by atoms with van der Waals surface area (Å²) >= 11 is 0. The predicted molar refractivity (Wildman–Crippen MR) is 42.9 cm³/mol. The molecule has 0 radical (unpaired) electrons. The van der Waals surface area contributed by atoms with E-state index in [-0.39, 0.29) is 6.61 Å². The van der Waals surface area contributed by atoms with Crippen molar-refractivity contribution in [1.82, 2.24) is 4.98 Å². The zero-order valence-corrected chi connectivity index (χ0v) is 6.79. The van der Waals surface area contributed by atoms with Crippen LogP contribution in [0, 0.1) is 12.9 Å². The van der Waals surface area contributed by atoms with E-state index in [0.29, 0.717) is 11.1 Å². The van der Waals surface area contributed by atoms with Gasteiger partial charge < -0.3 is 10.8 Å². The Bertz CT molecular complexity index is 278. The smallest absolute Gasteiger partial charge is 0.215 e. The normalized spacial score (nSPS) is 13.0. The van der Waals surface area contributed by atoms with Crippen LogP contribution in [0.25, 0.3) is 0 Å². The minimum atomic E-state index is -0.496. The van der Waals surface area contributed by atoms with E-state index in [1.807, 2.05) is 0 Å². The summed E-state index contributed by atoms with van der Waals surface area (Å²) in [5.74, 6) is -0.496. The Labute approximate surface area is 70.0 Å². The lowest BCUT2D eigenvalue weighted by atomic mass is 10.1. The highest BCUT2D eigenvalue weighted by Gasteiger charge is 2.06. The molecule has 66 valence electrons. The number of pyridine rings is 1. The summed E-state index contributed by atoms with van der Waals surface area (Å²) < 4.78 is 12.7. The summed E-state index contributed by atoms with van der Waals surface area (Å²) in [5, 5.41) is 8.70. The van der Waals surface area contributed by atoms with Crippen LogP contribution in [0.15, 0.2) is 12.3 Å². The largest absolute Gasteiger partial charge is 0.394 e. The van der Waals surface area contributed by atoms with Crippen LogP contribution < -0.4 is 5.73 Å². The fourth-order valence-corrected chi connectivity index (χ4v) is 0.888. The van der Waals surface area contributed by atoms with E-state index < -0.39 is 12.0 Å². The molecule has 0 saturated carbocycles. The molecule has 3 nitrogen and oxygen atoms in total. The lowest BCUT2D eigenvalue weighted by Crippen LogP contribution is -2.15. The molecule has 0 fully saturated rings. The average molecular weight is 170 g/mol. The van der Waals surface area contributed by atoms with Crippen LogP contribution in [0.2, 0.25) is 0 Å². The number of aliphatic hydroxyl groups is 1. The molecule has 0 bridgehead atoms. The van der Waals surface area contributed by atoms with E-state index in [1.165, 1.54) is 6.20 Å². The summed E-state index contributed by atoms with van der Waals surface area (Å²) in [6, 6.07) is 1.11. The van der Waals surface area contributed by atoms with Crippen LogP contribution >= 0.6 is 0 Å². The van der Waals surface area contributed by atoms with E-state index >= 15 is 0 Å². The van der Waals surface area contributed by atoms with Gasteiger partial charge in [-0.05, 0) is 18.6 Å². The first-order valence-corrected chi connectivity index (χ1v) is 3.63. The highest BCUT2D eigenvalue weighted by molar-refractivity contribution is 5.20. The third kappa shape index (κ3) is 1.78. The Hall–Kier alpha value is -1.00. The van der Waals surface area contributed by atoms with Gasteiger partial charge in [-0.15, -0.1) is 0 Å². The molecule has 1 heterocycles. The van der Waals surface area contributed by atoms with Crippen LogP contribution in [0.4, 0.5) is 4.39 Å². The Balaban J connectivity index is 2.96. The first-order valence-electron chi connectivity index (χ1n) is 3.63. The Morgan fingerprint density at radius 2 is 2.42 bits per heavy atom. The van der Waals surface area contributed by atoms with Gasteiger partial charge in [0.1, 0.15) is 0 Å². The van der Waals surface area contributed by atoms with Gasteiger partial charge in [-0.2, -0.15) is 4.39 Å². The standard InChI is InChI=1S/C8H11FN2O/c1-5-2-6(7(10)4-12)3-11-8(5)9/h2-3,7,12H,4,10H2,1H3/t7-/m1/s1. The molecule has 0 amide bonds. The number of aliphatic hydroxyl groups excluding tert-OH is 1. The van der Waals surface area contributed by atoms with Gasteiger partial charge in [-0.25, -0.2) is 4.98 Å². The second-order valence-corrected chi connectivity index (χ2v) is 2.67. The van der Waals surface area contributed by atoms with Gasteiger partial charge in [0.15, 0.2) is 0 Å². The molecule has 12 heavy (non-hydrogen) atoms. The molecule has 0 aliphatic heterocycles. The van der Waals surface area contributed by atoms with Gasteiger partial charge in [-0.3, -0.25) is 0 Å². The maximum absolute atomic E-state index is 12.7. The molecule has 1 rings (SSSR count). The lowest BCUT2D eigenvalue weighted by Gasteiger charge is -2.08. The molecule has 3 N–H and O–H groups in total. The zero-order chi connectivity index (χ0) is 9.14. The molecule has 4 heteroatoms. The maximum atomic E-state index is 12.7. The zero-order valence-electron chi connectivity index (χ0n) is 6.79. The van der Waals surface area contributed by atoms with E-state index in [1.54, 1.807) is 13.0 Å². The summed E-state index contributed by atoms with van der Waals surface area (Å²) in [6.07, 6.45) is 1.34. The summed E-state index contributed by atoms with van der Waals surface area (Å²) in [7, 11) is 0. The van der Waals surface area contributed by atoms with E-state index in [0.717, 1.165) is 0 Å². The van der Waals surface area contributed by atoms with Crippen molar-refractivity contribution >= 4 is 0 Å². The number of nitrogens with two attached hydrogens (primary N) is 1. The fourth-order valence-electron chi connectivity index (χ4n) is 0.888. The number of rotatable bonds is 2. The molecule has 0 aliphatic rings. The molecule has 0 aliphatic carbocycles. The SMILES string of the molecule is Cc1cc([C@H](N)CO)cnc1F. The van der Waals surface area contributed by atoms with Gasteiger partial charge in [0, 0.05) is 11.8 Å². The topological polar surface area (TPSA) is 59.1 Å². The van der Waals surface area contributed by atoms with Crippen molar-refractivity contribution < 1.29 is 9.50 Å². The Kier molecular flexibility index (Phi) is 2.73. The van der Waals surface area contributed by atoms with Crippen molar-refractivity contribution in [2.75, 3.05) is 6.61 Å². The van der Waals surface area contributed by atoms with Crippen molar-refractivity contribution in [2.24, 2.45) is 5.73 Å². The van der Waals surface area contributed by atoms with Crippen molar-refractivity contribution in [3.8, 4) is 0 Å². The first-order chi connectivity index (χ1) is 5.65. The summed E-state index contributed by atoms with van der Waals surface area (Å²) in [5.41, 5.74) is 6.59. The lowest BCUT2D eigenvalue weighted by molar-refractivity contribution is 0.267. The van der Waals surface area contributed by atoms with Crippen LogP contribution in [0.5, 0.6) is 0 Å². The van der Waals surface area contributed by atoms with E-state index in [2.05, 4.69) is 4.98 Å². The number of nitrogens with zero attached hydrogens (tertiary/aromatic N) is 1. The van der Waals surface area contributed by atoms with Crippen LogP contribution in [-0.2, 0) is 0 Å². The predicted octanol–water partition coefficient (Wildman–Crippen LogP) is 0.521. The van der Waals surface area contributed by atoms with Crippen molar-refractivity contribution in [1.29, 1.82) is 0 Å². The molecule has 1 aromatic rings. The molecule has 0 spiro atoms. The molecule has 0 saturated heterocycles. The van der Waals surface area contributed by atoms with Gasteiger partial charge >= 0.3 is 0 Å². The minimum Gasteiger partial charge on any atom is -0.394 e. The minimum absolute atomic E-state index is 0.160. The Morgan fingerprint density at radius 1 is 1.75 bits per heavy atom. The second kappa shape index (κ2) is 3.60. The number of aryl methyl sites for hydroxylation is 1. The highest BCUT2D eigenvalue weighted by Crippen LogP contribution is 2.11. The van der Waals surface area contributed by atoms with Crippen LogP contribution in [0.1, 0.15) is 17.2 Å². The molecule has 1 aromatic heterocycles. The fraction of sp³-hybridized carbons (Fsp3) is 0.375. The quantitative estimate of drug-likeness (QED) is 0.636. The van der Waals surface area contributed by atoms with Crippen molar-refractivity contribution in [3.63, 3.8) is 0 Å². The van der Waals surface area contributed by atoms with Crippen LogP contribution in [-0.4, -0.2) is 16.7 Å². The monoisotopic (exact) mass is 170 g/mol. The van der Waals surface area contributed by atoms with E-state index in [9.17, 15) is 4.39 Å². The second-order valence-electron chi connectivity index (χ2n) is 2.67. The van der Waals surface area contributed by atoms with Gasteiger partial charge in [0.25, 0.3) is 0 Å². The molecular weight excluding hydrogens is 159 g/mol. The summed E-state index contributed by atoms with van der Waals surface area (Å²) in [6.45, 7) is 1.45. The van der Waals surface area contributed by atoms with Gasteiger partial charge in [-0.1, -0.05) is 0 Å². The third-order valence-corrected chi connectivity index (χ3v) is 1.66. The van der Waals surface area contributed by atoms with Crippen molar-refractivity contribution in [2.45, 2.75) is 13.0 Å². The van der Waals surface area contributed by atoms with Crippen LogP contribution in [0.3, 0.4) is 0 Å². The average Bonchev–Trinajstić information content (AvgIpc) is 2.08. The Morgan fingerprint density at radius 3 is 2.92 bits per heavy atom. The number of aromatic nitrogens is 1. The van der Waals surface area contributed by atoms with Gasteiger partial charge in [0.05, 0.1) is 12.6 Å². The first kappa shape index (κ1) is 9.09. The molecule has 1 atom stereocenters. The molecular formula is C8H11FN2O. The third-order valence-electron chi connectivity index (χ3n) is 1.66. The number of halogens is 1. The van der Waals surface area contributed by atoms with Crippen molar-refractivity contribution in [3.05, 3.63) is 29.3 Å². The maximum Gasteiger partial charge on any atom is 0.215 e. The highest BCUT2D eigenvalue weighted by atomic mass is 19.1.